The minimum atomic E-state index is -0.157. The van der Waals surface area contributed by atoms with Crippen LogP contribution in [-0.2, 0) is 0 Å². The fourth-order valence-electron chi connectivity index (χ4n) is 2.09. The van der Waals surface area contributed by atoms with Crippen LogP contribution < -0.4 is 5.32 Å². The number of rotatable bonds is 3. The van der Waals surface area contributed by atoms with E-state index in [-0.39, 0.29) is 5.82 Å². The number of thioether (sulfide) groups is 1. The van der Waals surface area contributed by atoms with Crippen LogP contribution in [0.5, 0.6) is 0 Å². The highest BCUT2D eigenvalue weighted by atomic mass is 32.2. The summed E-state index contributed by atoms with van der Waals surface area (Å²) in [6.45, 7) is 0. The van der Waals surface area contributed by atoms with Crippen LogP contribution in [0.1, 0.15) is 19.3 Å². The van der Waals surface area contributed by atoms with Crippen molar-refractivity contribution in [2.24, 2.45) is 0 Å². The summed E-state index contributed by atoms with van der Waals surface area (Å²) in [4.78, 5) is 1.17. The van der Waals surface area contributed by atoms with E-state index in [2.05, 4.69) is 5.32 Å². The minimum absolute atomic E-state index is 0.157. The lowest BCUT2D eigenvalue weighted by atomic mass is 10.2. The van der Waals surface area contributed by atoms with Crippen molar-refractivity contribution in [3.05, 3.63) is 30.1 Å². The van der Waals surface area contributed by atoms with E-state index in [1.54, 1.807) is 0 Å². The summed E-state index contributed by atoms with van der Waals surface area (Å²) in [6, 6.07) is 7.41. The van der Waals surface area contributed by atoms with Gasteiger partial charge in [0.15, 0.2) is 0 Å². The van der Waals surface area contributed by atoms with Gasteiger partial charge in [-0.3, -0.25) is 0 Å². The van der Waals surface area contributed by atoms with Crippen LogP contribution in [0, 0.1) is 5.82 Å². The molecule has 0 saturated heterocycles. The molecular weight excluding hydrogens is 209 g/mol. The van der Waals surface area contributed by atoms with Crippen molar-refractivity contribution in [3.63, 3.8) is 0 Å². The second-order valence-corrected chi connectivity index (χ2v) is 5.25. The zero-order chi connectivity index (χ0) is 10.7. The SMILES string of the molecule is CNC1CCCC1Sc1ccc(F)cc1. The molecule has 1 aliphatic carbocycles. The molecule has 0 aromatic heterocycles. The van der Waals surface area contributed by atoms with Crippen LogP contribution in [-0.4, -0.2) is 18.3 Å². The lowest BCUT2D eigenvalue weighted by molar-refractivity contribution is 0.591. The van der Waals surface area contributed by atoms with Crippen LogP contribution in [0.3, 0.4) is 0 Å². The minimum Gasteiger partial charge on any atom is -0.316 e. The second kappa shape index (κ2) is 4.99. The molecule has 0 radical (unpaired) electrons. The highest BCUT2D eigenvalue weighted by Crippen LogP contribution is 2.34. The van der Waals surface area contributed by atoms with Gasteiger partial charge in [0.1, 0.15) is 5.82 Å². The standard InChI is InChI=1S/C12H16FNS/c1-14-11-3-2-4-12(11)15-10-7-5-9(13)6-8-10/h5-8,11-12,14H,2-4H2,1H3. The predicted molar refractivity (Wildman–Crippen MR) is 62.7 cm³/mol. The van der Waals surface area contributed by atoms with Crippen molar-refractivity contribution < 1.29 is 4.39 Å². The van der Waals surface area contributed by atoms with Gasteiger partial charge in [0.2, 0.25) is 0 Å². The quantitative estimate of drug-likeness (QED) is 0.848. The van der Waals surface area contributed by atoms with Crippen molar-refractivity contribution in [1.82, 2.24) is 5.32 Å². The van der Waals surface area contributed by atoms with Gasteiger partial charge >= 0.3 is 0 Å². The molecule has 1 fully saturated rings. The second-order valence-electron chi connectivity index (χ2n) is 3.94. The predicted octanol–water partition coefficient (Wildman–Crippen LogP) is 3.06. The summed E-state index contributed by atoms with van der Waals surface area (Å²) in [5.74, 6) is -0.157. The summed E-state index contributed by atoms with van der Waals surface area (Å²) in [5, 5.41) is 3.99. The van der Waals surface area contributed by atoms with Gasteiger partial charge in [-0.1, -0.05) is 6.42 Å². The largest absolute Gasteiger partial charge is 0.316 e. The Morgan fingerprint density at radius 1 is 1.27 bits per heavy atom. The average Bonchev–Trinajstić information content (AvgIpc) is 2.69. The molecule has 1 aromatic carbocycles. The maximum absolute atomic E-state index is 12.7. The van der Waals surface area contributed by atoms with E-state index < -0.39 is 0 Å². The number of nitrogens with one attached hydrogen (secondary N) is 1. The molecule has 0 bridgehead atoms. The Morgan fingerprint density at radius 3 is 2.67 bits per heavy atom. The smallest absolute Gasteiger partial charge is 0.123 e. The first-order chi connectivity index (χ1) is 7.29. The Bertz CT molecular complexity index is 312. The first-order valence-electron chi connectivity index (χ1n) is 5.39. The van der Waals surface area contributed by atoms with Gasteiger partial charge in [0, 0.05) is 16.2 Å². The number of hydrogen-bond donors (Lipinski definition) is 1. The van der Waals surface area contributed by atoms with Crippen molar-refractivity contribution in [1.29, 1.82) is 0 Å². The molecule has 0 amide bonds. The molecule has 1 saturated carbocycles. The van der Waals surface area contributed by atoms with Gasteiger partial charge in [-0.25, -0.2) is 4.39 Å². The van der Waals surface area contributed by atoms with Gasteiger partial charge in [0.25, 0.3) is 0 Å². The lowest BCUT2D eigenvalue weighted by Gasteiger charge is -2.18. The highest BCUT2D eigenvalue weighted by molar-refractivity contribution is 8.00. The molecule has 0 heterocycles. The first kappa shape index (κ1) is 11.0. The zero-order valence-corrected chi connectivity index (χ0v) is 9.69. The Kier molecular flexibility index (Phi) is 3.65. The molecule has 1 aromatic rings. The summed E-state index contributed by atoms with van der Waals surface area (Å²) in [5.41, 5.74) is 0. The molecule has 2 unspecified atom stereocenters. The summed E-state index contributed by atoms with van der Waals surface area (Å²) >= 11 is 1.86. The van der Waals surface area contributed by atoms with Gasteiger partial charge < -0.3 is 5.32 Å². The monoisotopic (exact) mass is 225 g/mol. The van der Waals surface area contributed by atoms with E-state index in [9.17, 15) is 4.39 Å². The lowest BCUT2D eigenvalue weighted by Crippen LogP contribution is -2.30. The maximum atomic E-state index is 12.7. The van der Waals surface area contributed by atoms with Crippen LogP contribution in [0.25, 0.3) is 0 Å². The van der Waals surface area contributed by atoms with E-state index in [1.807, 2.05) is 30.9 Å². The van der Waals surface area contributed by atoms with Crippen molar-refractivity contribution in [2.75, 3.05) is 7.05 Å². The summed E-state index contributed by atoms with van der Waals surface area (Å²) in [6.07, 6.45) is 3.81. The van der Waals surface area contributed by atoms with Crippen molar-refractivity contribution in [3.8, 4) is 0 Å². The molecule has 15 heavy (non-hydrogen) atoms. The molecule has 1 nitrogen and oxygen atoms in total. The van der Waals surface area contributed by atoms with Crippen LogP contribution >= 0.6 is 11.8 Å². The Morgan fingerprint density at radius 2 is 2.00 bits per heavy atom. The third-order valence-corrected chi connectivity index (χ3v) is 4.34. The van der Waals surface area contributed by atoms with Crippen molar-refractivity contribution in [2.45, 2.75) is 35.4 Å². The van der Waals surface area contributed by atoms with Crippen LogP contribution in [0.2, 0.25) is 0 Å². The van der Waals surface area contributed by atoms with Crippen molar-refractivity contribution >= 4 is 11.8 Å². The van der Waals surface area contributed by atoms with E-state index in [0.29, 0.717) is 11.3 Å². The molecule has 0 aliphatic heterocycles. The normalized spacial score (nSPS) is 25.7. The highest BCUT2D eigenvalue weighted by Gasteiger charge is 2.26. The van der Waals surface area contributed by atoms with E-state index >= 15 is 0 Å². The Balaban J connectivity index is 1.99. The summed E-state index contributed by atoms with van der Waals surface area (Å²) in [7, 11) is 2.02. The fourth-order valence-corrected chi connectivity index (χ4v) is 3.45. The third-order valence-electron chi connectivity index (χ3n) is 2.92. The van der Waals surface area contributed by atoms with E-state index in [1.165, 1.54) is 36.3 Å². The molecular formula is C12H16FNS. The summed E-state index contributed by atoms with van der Waals surface area (Å²) < 4.78 is 12.7. The van der Waals surface area contributed by atoms with E-state index in [4.69, 9.17) is 0 Å². The van der Waals surface area contributed by atoms with Gasteiger partial charge in [-0.15, -0.1) is 11.8 Å². The van der Waals surface area contributed by atoms with E-state index in [0.717, 1.165) is 0 Å². The molecule has 0 spiro atoms. The third kappa shape index (κ3) is 2.73. The number of halogens is 1. The molecule has 82 valence electrons. The molecule has 2 rings (SSSR count). The van der Waals surface area contributed by atoms with Gasteiger partial charge in [0.05, 0.1) is 0 Å². The number of hydrogen-bond acceptors (Lipinski definition) is 2. The van der Waals surface area contributed by atoms with Gasteiger partial charge in [-0.2, -0.15) is 0 Å². The van der Waals surface area contributed by atoms with Crippen LogP contribution in [0.15, 0.2) is 29.2 Å². The first-order valence-corrected chi connectivity index (χ1v) is 6.27. The van der Waals surface area contributed by atoms with Crippen LogP contribution in [0.4, 0.5) is 4.39 Å². The molecule has 1 aliphatic rings. The average molecular weight is 225 g/mol. The topological polar surface area (TPSA) is 12.0 Å². The van der Waals surface area contributed by atoms with Gasteiger partial charge in [-0.05, 0) is 44.2 Å². The molecule has 1 N–H and O–H groups in total. The zero-order valence-electron chi connectivity index (χ0n) is 8.87. The molecule has 3 heteroatoms. The molecule has 2 atom stereocenters. The number of benzene rings is 1. The fraction of sp³-hybridized carbons (Fsp3) is 0.500. The maximum Gasteiger partial charge on any atom is 0.123 e. The Labute approximate surface area is 94.5 Å². The Hall–Kier alpha value is -0.540.